The van der Waals surface area contributed by atoms with E-state index in [1.807, 2.05) is 0 Å². The Kier molecular flexibility index (Phi) is 23.5. The van der Waals surface area contributed by atoms with Crippen molar-refractivity contribution in [3.63, 3.8) is 0 Å². The van der Waals surface area contributed by atoms with Gasteiger partial charge in [0.1, 0.15) is 105 Å². The van der Waals surface area contributed by atoms with Gasteiger partial charge in [0.2, 0.25) is 17.1 Å². The van der Waals surface area contributed by atoms with E-state index in [9.17, 15) is 61.9 Å². The number of carbonyl (C=O) groups is 4. The fourth-order valence-corrected chi connectivity index (χ4v) is 17.2. The van der Waals surface area contributed by atoms with Gasteiger partial charge in [-0.25, -0.2) is 42.4 Å². The summed E-state index contributed by atoms with van der Waals surface area (Å²) in [5.74, 6) is -1.08. The maximum absolute atomic E-state index is 15.1. The molecule has 8 aliphatic rings. The number of nitrogens with one attached hydrogen (secondary N) is 1. The molecule has 15 heterocycles. The summed E-state index contributed by atoms with van der Waals surface area (Å²) in [5, 5.41) is 34.4. The highest BCUT2D eigenvalue weighted by Crippen LogP contribution is 2.60. The Morgan fingerprint density at radius 2 is 0.925 bits per heavy atom. The van der Waals surface area contributed by atoms with Crippen LogP contribution in [0.1, 0.15) is 52.6 Å². The van der Waals surface area contributed by atoms with Gasteiger partial charge in [-0.3, -0.25) is 91.7 Å². The molecule has 0 amide bonds. The quantitative estimate of drug-likeness (QED) is 0.0462. The summed E-state index contributed by atoms with van der Waals surface area (Å²) < 4.78 is 172. The van der Waals surface area contributed by atoms with Crippen molar-refractivity contribution in [2.24, 2.45) is 0 Å². The van der Waals surface area contributed by atoms with E-state index < -0.39 is 168 Å². The van der Waals surface area contributed by atoms with E-state index in [4.69, 9.17) is 107 Å². The number of hydrogen-bond acceptors (Lipinski definition) is 43. The van der Waals surface area contributed by atoms with E-state index in [1.165, 1.54) is 79.8 Å². The third kappa shape index (κ3) is 17.0. The van der Waals surface area contributed by atoms with Gasteiger partial charge in [0, 0.05) is 13.2 Å². The summed E-state index contributed by atoms with van der Waals surface area (Å²) in [5.41, 5.74) is 17.6. The number of ketones is 4. The Bertz CT molecular complexity index is 4670. The van der Waals surface area contributed by atoms with Crippen LogP contribution in [0.4, 0.5) is 32.2 Å². The molecule has 10 N–H and O–H groups in total. The third-order valence-electron chi connectivity index (χ3n) is 16.1. The number of phosphoric ester groups is 4. The Hall–Kier alpha value is -7.48. The summed E-state index contributed by atoms with van der Waals surface area (Å²) in [6, 6.07) is 1.54. The number of Topliss-reactive ketones (excluding diaryl/α,β-unsaturated/α-hetero) is 4. The fourth-order valence-electron chi connectivity index (χ4n) is 11.3. The van der Waals surface area contributed by atoms with Crippen LogP contribution in [-0.2, 0) is 111 Å². The van der Waals surface area contributed by atoms with E-state index in [-0.39, 0.29) is 106 Å². The number of ether oxygens (including phenoxy) is 5. The van der Waals surface area contributed by atoms with Gasteiger partial charge >= 0.3 is 43.1 Å². The van der Waals surface area contributed by atoms with Gasteiger partial charge in [0.15, 0.2) is 93.8 Å². The third-order valence-corrected chi connectivity index (χ3v) is 21.9. The van der Waals surface area contributed by atoms with Crippen LogP contribution in [0.25, 0.3) is 33.5 Å². The molecule has 15 rings (SSSR count). The number of aliphatic hydroxyl groups excluding tert-OH is 3. The molecule has 0 bridgehead atoms. The van der Waals surface area contributed by atoms with Crippen molar-refractivity contribution in [1.29, 1.82) is 0 Å². The number of aliphatic hydroxyl groups is 3. The first-order valence-corrected chi connectivity index (χ1v) is 37.6. The van der Waals surface area contributed by atoms with E-state index in [0.717, 1.165) is 4.57 Å². The average Bonchev–Trinajstić information content (AvgIpc) is 1.62. The maximum Gasteiger partial charge on any atom is 0.475 e. The van der Waals surface area contributed by atoms with Crippen molar-refractivity contribution in [3.05, 3.63) is 53.1 Å². The Morgan fingerprint density at radius 1 is 0.551 bits per heavy atom. The lowest BCUT2D eigenvalue weighted by Gasteiger charge is -2.30. The van der Waals surface area contributed by atoms with Crippen LogP contribution in [0.2, 0.25) is 5.28 Å². The van der Waals surface area contributed by atoms with Crippen molar-refractivity contribution in [3.8, 4) is 5.88 Å². The summed E-state index contributed by atoms with van der Waals surface area (Å²) in [4.78, 5) is 95.0. The number of nitrogen functional groups attached to an aromatic ring is 3. The van der Waals surface area contributed by atoms with Crippen LogP contribution in [0.3, 0.4) is 0 Å². The number of methoxy groups -OCH3 is 1. The molecule has 7 aromatic heterocycles. The van der Waals surface area contributed by atoms with Gasteiger partial charge in [-0.15, -0.1) is 0 Å². The molecule has 0 radical (unpaired) electrons. The molecular formula is C53H65ClF2N18O29P4. The minimum atomic E-state index is -4.07. The topological polar surface area (TPSA) is 610 Å². The van der Waals surface area contributed by atoms with Crippen LogP contribution >= 0.6 is 42.9 Å². The molecule has 582 valence electrons. The van der Waals surface area contributed by atoms with Crippen LogP contribution in [-0.4, -0.2) is 247 Å². The zero-order chi connectivity index (χ0) is 76.9. The zero-order valence-corrected chi connectivity index (χ0v) is 60.5. The number of anilines is 4. The maximum atomic E-state index is 15.1. The molecule has 54 heteroatoms. The van der Waals surface area contributed by atoms with Gasteiger partial charge in [-0.2, -0.15) is 39.3 Å². The number of carbonyl (C=O) groups excluding carboxylic acids is 4. The van der Waals surface area contributed by atoms with Crippen molar-refractivity contribution in [1.82, 2.24) is 68.1 Å². The lowest BCUT2D eigenvalue weighted by Crippen LogP contribution is -2.40. The zero-order valence-electron chi connectivity index (χ0n) is 56.2. The average molecular weight is 1620 g/mol. The van der Waals surface area contributed by atoms with Gasteiger partial charge in [0.05, 0.1) is 52.5 Å². The summed E-state index contributed by atoms with van der Waals surface area (Å²) >= 11 is 5.81. The molecule has 0 aromatic carbocycles. The molecule has 20 atom stereocenters. The normalized spacial score (nSPS) is 33.3. The molecule has 8 fully saturated rings. The molecule has 47 nitrogen and oxygen atoms in total. The SMILES string of the molecule is CC(=O)COP1(=O)OC[C@H]2O[C@@H](n3cnc4c(N)nc(Cl)nc43)C(F)[C@H]2O1.CC(=O)COP1(=O)OC[C@H]2O[C@@H](n3cnc4c(N)nc(F)nc43)C(O)[C@H]2O1.CNc1ccn([C@@H]2O[C@@H]3COP(=O)(OCC(C)=O)O[C@@H]3C2O)c(=O)n1.COc1nc(N)nc2c1ncn2[C@@H]1O[C@@H]2COP(=O)(OCC(C)=O)O[C@@H]2C1O. The van der Waals surface area contributed by atoms with Crippen molar-refractivity contribution in [2.45, 2.75) is 126 Å². The fraction of sp³-hybridized carbons (Fsp3) is 0.566. The number of fused-ring (bicyclic) bond motifs is 7. The Labute approximate surface area is 602 Å². The second-order valence-electron chi connectivity index (χ2n) is 23.9. The standard InChI is InChI=1S/C14H18N5O8P.C13H14ClFN5O6P.C13H15FN5O7P.C13H18N3O8P/c1-6(20)3-24-28(22)25-4-7-10(27-28)9(21)13(26-7)19-5-16-8-11(19)17-14(15)18-12(8)23-2;1-5(21)2-23-27(22)24-3-6-9(26-27)7(15)12(25-6)20-4-17-8-10(16)18-13(14)19-11(8)20;1-5(20)2-23-27(22)24-3-6-9(26-27)8(21)12(25-6)19-4-16-7-10(15)17-13(14)18-11(7)19;1-7(17)5-21-25(20)22-6-8-11(24-25)10(18)12(23-8)16-4-3-9(14-2)15-13(16)19/h5,7,9-10,13,21H,3-4H2,1-2H3,(H2,15,17,18);4,6-7,9,12H,2-3H2,1H3,(H2,16,18,19);4,6,8-9,12,21H,2-3H2,1H3,(H2,15,17,18);3-4,8,10-12,18H,5-6H2,1-2H3,(H,14,15,19)/t7-,9?,10+,13-,28?;6-,7?,9+,12-,27?;6-,8?,9+,12-,27?;8-,10?,11+,12-,25?/m1111/s1. The van der Waals surface area contributed by atoms with Gasteiger partial charge in [0.25, 0.3) is 0 Å². The van der Waals surface area contributed by atoms with E-state index in [1.54, 1.807) is 7.05 Å². The van der Waals surface area contributed by atoms with Crippen molar-refractivity contribution in [2.75, 3.05) is 89.5 Å². The number of phosphoric acid groups is 4. The van der Waals surface area contributed by atoms with Crippen LogP contribution in [0.5, 0.6) is 5.88 Å². The number of rotatable bonds is 18. The van der Waals surface area contributed by atoms with Gasteiger partial charge in [-0.05, 0) is 45.4 Å². The minimum Gasteiger partial charge on any atom is -0.479 e. The monoisotopic (exact) mass is 1610 g/mol. The second-order valence-corrected chi connectivity index (χ2v) is 30.7. The number of halogens is 3. The van der Waals surface area contributed by atoms with Gasteiger partial charge < -0.3 is 61.5 Å². The van der Waals surface area contributed by atoms with E-state index in [2.05, 4.69) is 55.2 Å². The largest absolute Gasteiger partial charge is 0.479 e. The number of hydrogen-bond donors (Lipinski definition) is 7. The summed E-state index contributed by atoms with van der Waals surface area (Å²) in [6.45, 7) is 2.45. The van der Waals surface area contributed by atoms with Gasteiger partial charge in [-0.1, -0.05) is 0 Å². The number of aromatic nitrogens is 14. The van der Waals surface area contributed by atoms with Crippen molar-refractivity contribution >= 4 is 123 Å². The van der Waals surface area contributed by atoms with E-state index in [0.29, 0.717) is 11.3 Å². The highest BCUT2D eigenvalue weighted by molar-refractivity contribution is 7.49. The van der Waals surface area contributed by atoms with Crippen molar-refractivity contribution < 1.29 is 140 Å². The lowest BCUT2D eigenvalue weighted by molar-refractivity contribution is -0.121. The highest BCUT2D eigenvalue weighted by Gasteiger charge is 2.58. The number of imidazole rings is 3. The summed E-state index contributed by atoms with van der Waals surface area (Å²) in [7, 11) is -13.1. The molecular weight excluding hydrogens is 1550 g/mol. The number of nitrogens with two attached hydrogens (primary N) is 3. The molecule has 7 aromatic rings. The molecule has 8 unspecified atom stereocenters. The van der Waals surface area contributed by atoms with Crippen LogP contribution in [0, 0.1) is 6.08 Å². The minimum absolute atomic E-state index is 0.0135. The van der Waals surface area contributed by atoms with Crippen LogP contribution < -0.4 is 32.9 Å². The first-order valence-electron chi connectivity index (χ1n) is 31.4. The first kappa shape index (κ1) is 79.1. The molecule has 8 aliphatic heterocycles. The Balaban J connectivity index is 0.000000134. The van der Waals surface area contributed by atoms with E-state index >= 15 is 4.39 Å². The molecule has 0 saturated carbocycles. The Morgan fingerprint density at radius 3 is 1.35 bits per heavy atom. The summed E-state index contributed by atoms with van der Waals surface area (Å²) in [6.07, 6.45) is -13.1. The highest BCUT2D eigenvalue weighted by atomic mass is 35.5. The predicted octanol–water partition coefficient (Wildman–Crippen LogP) is 0.838. The lowest BCUT2D eigenvalue weighted by atomic mass is 10.1. The number of alkyl halides is 1. The number of nitrogens with zero attached hydrogens (tertiary/aromatic N) is 14. The molecule has 0 aliphatic carbocycles. The van der Waals surface area contributed by atoms with Crippen LogP contribution in [0.15, 0.2) is 36.0 Å². The smallest absolute Gasteiger partial charge is 0.475 e. The molecule has 8 saturated heterocycles. The first-order chi connectivity index (χ1) is 50.7. The molecule has 0 spiro atoms. The second kappa shape index (κ2) is 31.8. The predicted molar refractivity (Wildman–Crippen MR) is 348 cm³/mol. The molecule has 107 heavy (non-hydrogen) atoms.